The molecule has 2 bridgehead atoms. The zero-order chi connectivity index (χ0) is 11.1. The summed E-state index contributed by atoms with van der Waals surface area (Å²) in [5.74, 6) is -0.0262. The van der Waals surface area contributed by atoms with Crippen LogP contribution in [0.15, 0.2) is 47.6 Å². The van der Waals surface area contributed by atoms with E-state index in [1.54, 1.807) is 0 Å². The van der Waals surface area contributed by atoms with Gasteiger partial charge in [-0.3, -0.25) is 0 Å². The van der Waals surface area contributed by atoms with Gasteiger partial charge in [-0.05, 0) is 11.1 Å². The van der Waals surface area contributed by atoms with E-state index in [0.717, 1.165) is 11.1 Å². The lowest BCUT2D eigenvalue weighted by Gasteiger charge is -2.32. The smallest absolute Gasteiger partial charge is 0.0954 e. The molecule has 2 unspecified atom stereocenters. The molecule has 3 aliphatic rings. The quantitative estimate of drug-likeness (QED) is 0.652. The van der Waals surface area contributed by atoms with Gasteiger partial charge in [0.05, 0.1) is 12.1 Å². The summed E-state index contributed by atoms with van der Waals surface area (Å²) in [4.78, 5) is 0. The molecule has 0 radical (unpaired) electrons. The summed E-state index contributed by atoms with van der Waals surface area (Å²) >= 11 is 0. The Labute approximate surface area is 93.7 Å². The summed E-state index contributed by atoms with van der Waals surface area (Å²) in [6, 6.07) is 12.5. The van der Waals surface area contributed by atoms with E-state index in [2.05, 4.69) is 12.1 Å². The van der Waals surface area contributed by atoms with E-state index in [1.807, 2.05) is 36.4 Å². The fourth-order valence-electron chi connectivity index (χ4n) is 2.55. The van der Waals surface area contributed by atoms with Crippen LogP contribution in [0.2, 0.25) is 0 Å². The fraction of sp³-hybridized carbons (Fsp3) is 0.143. The van der Waals surface area contributed by atoms with Gasteiger partial charge in [-0.1, -0.05) is 36.4 Å². The molecular weight excluding hydrogens is 196 g/mol. The van der Waals surface area contributed by atoms with Crippen molar-refractivity contribution in [3.8, 4) is 12.1 Å². The van der Waals surface area contributed by atoms with Gasteiger partial charge in [-0.25, -0.2) is 0 Å². The van der Waals surface area contributed by atoms with Gasteiger partial charge in [0.1, 0.15) is 0 Å². The first-order valence-corrected chi connectivity index (χ1v) is 5.17. The highest BCUT2D eigenvalue weighted by Crippen LogP contribution is 2.47. The second kappa shape index (κ2) is 3.08. The molecule has 0 heterocycles. The minimum atomic E-state index is -0.0131. The van der Waals surface area contributed by atoms with Gasteiger partial charge in [-0.2, -0.15) is 10.5 Å². The van der Waals surface area contributed by atoms with Gasteiger partial charge in [0.15, 0.2) is 0 Å². The van der Waals surface area contributed by atoms with E-state index >= 15 is 0 Å². The lowest BCUT2D eigenvalue weighted by Crippen LogP contribution is -2.19. The maximum Gasteiger partial charge on any atom is 0.0954 e. The van der Waals surface area contributed by atoms with Crippen molar-refractivity contribution in [2.75, 3.05) is 0 Å². The SMILES string of the molecule is N#CC1=CC2C(C#N)=CC1c1ccccc12. The van der Waals surface area contributed by atoms with Crippen molar-refractivity contribution < 1.29 is 0 Å². The molecule has 74 valence electrons. The van der Waals surface area contributed by atoms with E-state index in [-0.39, 0.29) is 11.8 Å². The van der Waals surface area contributed by atoms with Crippen molar-refractivity contribution in [2.45, 2.75) is 11.8 Å². The average molecular weight is 204 g/mol. The van der Waals surface area contributed by atoms with E-state index in [1.165, 1.54) is 11.1 Å². The molecule has 2 nitrogen and oxygen atoms in total. The zero-order valence-electron chi connectivity index (χ0n) is 8.51. The summed E-state index contributed by atoms with van der Waals surface area (Å²) in [5, 5.41) is 18.1. The first-order valence-electron chi connectivity index (χ1n) is 5.17. The maximum atomic E-state index is 9.07. The van der Waals surface area contributed by atoms with E-state index in [4.69, 9.17) is 10.5 Å². The summed E-state index contributed by atoms with van der Waals surface area (Å²) in [6.07, 6.45) is 3.84. The minimum Gasteiger partial charge on any atom is -0.193 e. The van der Waals surface area contributed by atoms with Gasteiger partial charge >= 0.3 is 0 Å². The van der Waals surface area contributed by atoms with Crippen LogP contribution >= 0.6 is 0 Å². The highest BCUT2D eigenvalue weighted by molar-refractivity contribution is 5.61. The standard InChI is InChI=1S/C14H8N2/c15-7-9-6-14-10(8-16)5-13(9)11-3-1-2-4-12(11)14/h1-6,13-14H. The number of benzene rings is 1. The van der Waals surface area contributed by atoms with Gasteiger partial charge in [0.2, 0.25) is 0 Å². The molecule has 16 heavy (non-hydrogen) atoms. The van der Waals surface area contributed by atoms with Gasteiger partial charge < -0.3 is 0 Å². The van der Waals surface area contributed by atoms with E-state index in [0.29, 0.717) is 0 Å². The van der Waals surface area contributed by atoms with Gasteiger partial charge in [0.25, 0.3) is 0 Å². The first kappa shape index (κ1) is 8.95. The molecule has 0 aliphatic heterocycles. The van der Waals surface area contributed by atoms with Crippen LogP contribution in [0.25, 0.3) is 0 Å². The Morgan fingerprint density at radius 3 is 1.62 bits per heavy atom. The molecular formula is C14H8N2. The van der Waals surface area contributed by atoms with Crippen molar-refractivity contribution in [1.82, 2.24) is 0 Å². The Balaban J connectivity index is 2.25. The fourth-order valence-corrected chi connectivity index (χ4v) is 2.55. The Hall–Kier alpha value is -2.32. The van der Waals surface area contributed by atoms with Crippen LogP contribution in [0.3, 0.4) is 0 Å². The Kier molecular flexibility index (Phi) is 1.72. The molecule has 0 saturated heterocycles. The predicted molar refractivity (Wildman–Crippen MR) is 59.3 cm³/mol. The van der Waals surface area contributed by atoms with E-state index in [9.17, 15) is 0 Å². The Morgan fingerprint density at radius 2 is 1.25 bits per heavy atom. The van der Waals surface area contributed by atoms with Crippen LogP contribution in [0.4, 0.5) is 0 Å². The largest absolute Gasteiger partial charge is 0.193 e. The van der Waals surface area contributed by atoms with Crippen molar-refractivity contribution in [1.29, 1.82) is 10.5 Å². The van der Waals surface area contributed by atoms with Crippen molar-refractivity contribution in [3.63, 3.8) is 0 Å². The van der Waals surface area contributed by atoms with Crippen LogP contribution in [-0.4, -0.2) is 0 Å². The van der Waals surface area contributed by atoms with Crippen LogP contribution in [0.5, 0.6) is 0 Å². The minimum absolute atomic E-state index is 0.0131. The highest BCUT2D eigenvalue weighted by atomic mass is 14.4. The summed E-state index contributed by atoms with van der Waals surface area (Å²) in [7, 11) is 0. The molecule has 0 aromatic heterocycles. The lowest BCUT2D eigenvalue weighted by molar-refractivity contribution is 0.823. The zero-order valence-corrected chi connectivity index (χ0v) is 8.51. The maximum absolute atomic E-state index is 9.07. The molecule has 0 saturated carbocycles. The predicted octanol–water partition coefficient (Wildman–Crippen LogP) is 2.78. The Morgan fingerprint density at radius 1 is 0.812 bits per heavy atom. The van der Waals surface area contributed by atoms with Gasteiger partial charge in [-0.15, -0.1) is 0 Å². The highest BCUT2D eigenvalue weighted by Gasteiger charge is 2.34. The molecule has 3 aliphatic carbocycles. The topological polar surface area (TPSA) is 47.6 Å². The van der Waals surface area contributed by atoms with Crippen LogP contribution < -0.4 is 0 Å². The van der Waals surface area contributed by atoms with Crippen molar-refractivity contribution in [3.05, 3.63) is 58.7 Å². The number of nitriles is 2. The molecule has 2 atom stereocenters. The average Bonchev–Trinajstić information content (AvgIpc) is 2.38. The van der Waals surface area contributed by atoms with Crippen molar-refractivity contribution in [2.24, 2.45) is 0 Å². The van der Waals surface area contributed by atoms with E-state index < -0.39 is 0 Å². The number of rotatable bonds is 0. The monoisotopic (exact) mass is 204 g/mol. The first-order chi connectivity index (χ1) is 7.85. The van der Waals surface area contributed by atoms with Crippen LogP contribution in [0.1, 0.15) is 23.0 Å². The molecule has 0 amide bonds. The molecule has 0 fully saturated rings. The molecule has 1 aromatic rings. The molecule has 4 rings (SSSR count). The van der Waals surface area contributed by atoms with Crippen LogP contribution in [-0.2, 0) is 0 Å². The number of allylic oxidation sites excluding steroid dienone is 4. The second-order valence-electron chi connectivity index (χ2n) is 4.05. The van der Waals surface area contributed by atoms with Gasteiger partial charge in [0, 0.05) is 23.0 Å². The molecule has 0 spiro atoms. The third-order valence-electron chi connectivity index (χ3n) is 3.29. The Bertz CT molecular complexity index is 553. The summed E-state index contributed by atoms with van der Waals surface area (Å²) in [5.41, 5.74) is 3.88. The summed E-state index contributed by atoms with van der Waals surface area (Å²) in [6.45, 7) is 0. The third-order valence-corrected chi connectivity index (χ3v) is 3.29. The third kappa shape index (κ3) is 0.990. The molecule has 1 aromatic carbocycles. The van der Waals surface area contributed by atoms with Crippen molar-refractivity contribution >= 4 is 0 Å². The number of hydrogen-bond acceptors (Lipinski definition) is 2. The van der Waals surface area contributed by atoms with Crippen LogP contribution in [0, 0.1) is 22.7 Å². The second-order valence-corrected chi connectivity index (χ2v) is 4.05. The lowest BCUT2D eigenvalue weighted by atomic mass is 9.69. The normalized spacial score (nSPS) is 24.9. The number of hydrogen-bond donors (Lipinski definition) is 0. The molecule has 2 heteroatoms. The molecule has 0 N–H and O–H groups in total. The summed E-state index contributed by atoms with van der Waals surface area (Å²) < 4.78 is 0. The number of nitrogens with zero attached hydrogens (tertiary/aromatic N) is 2.